The summed E-state index contributed by atoms with van der Waals surface area (Å²) in [5.74, 6) is 0. The molecule has 2 aromatic rings. The van der Waals surface area contributed by atoms with E-state index in [2.05, 4.69) is 31.2 Å². The summed E-state index contributed by atoms with van der Waals surface area (Å²) in [6.45, 7) is 2.09. The summed E-state index contributed by atoms with van der Waals surface area (Å²) in [5, 5.41) is 0. The van der Waals surface area contributed by atoms with Gasteiger partial charge in [-0.15, -0.1) is 0 Å². The van der Waals surface area contributed by atoms with Crippen molar-refractivity contribution in [3.63, 3.8) is 0 Å². The molecule has 2 aromatic carbocycles. The number of benzene rings is 2. The van der Waals surface area contributed by atoms with Crippen LogP contribution < -0.4 is 5.73 Å². The summed E-state index contributed by atoms with van der Waals surface area (Å²) in [7, 11) is 0. The van der Waals surface area contributed by atoms with Crippen LogP contribution in [0.5, 0.6) is 0 Å². The highest BCUT2D eigenvalue weighted by Crippen LogP contribution is 2.33. The van der Waals surface area contributed by atoms with Gasteiger partial charge in [0.05, 0.1) is 0 Å². The Kier molecular flexibility index (Phi) is 3.04. The molecule has 0 saturated carbocycles. The molecule has 3 rings (SSSR count). The van der Waals surface area contributed by atoms with Crippen molar-refractivity contribution in [3.05, 3.63) is 53.1 Å². The molecule has 18 heavy (non-hydrogen) atoms. The number of rotatable bonds is 2. The number of hydrogen-bond donors (Lipinski definition) is 1. The Morgan fingerprint density at radius 1 is 0.944 bits per heavy atom. The second-order valence-corrected chi connectivity index (χ2v) is 6.11. The van der Waals surface area contributed by atoms with Crippen molar-refractivity contribution in [2.45, 2.75) is 36.0 Å². The fourth-order valence-corrected chi connectivity index (χ4v) is 3.63. The highest BCUT2D eigenvalue weighted by molar-refractivity contribution is 7.99. The third kappa shape index (κ3) is 2.39. The molecule has 0 aromatic heterocycles. The van der Waals surface area contributed by atoms with Gasteiger partial charge in [0.25, 0.3) is 0 Å². The first-order valence-corrected chi connectivity index (χ1v) is 7.19. The minimum absolute atomic E-state index is 0.846. The molecule has 0 spiro atoms. The minimum atomic E-state index is 0.846. The van der Waals surface area contributed by atoms with Gasteiger partial charge >= 0.3 is 0 Å². The molecule has 0 heterocycles. The van der Waals surface area contributed by atoms with E-state index in [1.807, 2.05) is 12.1 Å². The lowest BCUT2D eigenvalue weighted by Gasteiger charge is -2.07. The molecule has 0 atom stereocenters. The van der Waals surface area contributed by atoms with Crippen LogP contribution in [0.25, 0.3) is 0 Å². The van der Waals surface area contributed by atoms with Crippen LogP contribution in [0.2, 0.25) is 0 Å². The highest BCUT2D eigenvalue weighted by Gasteiger charge is 2.11. The van der Waals surface area contributed by atoms with Crippen LogP contribution in [0.15, 0.2) is 46.2 Å². The predicted molar refractivity (Wildman–Crippen MR) is 78.2 cm³/mol. The third-order valence-corrected chi connectivity index (χ3v) is 4.34. The standard InChI is InChI=1S/C16H17NS/c1-11-7-14(17)10-16(8-11)18-15-6-5-12-3-2-4-13(12)9-15/h5-10H,2-4,17H2,1H3. The number of fused-ring (bicyclic) bond motifs is 1. The van der Waals surface area contributed by atoms with Crippen LogP contribution in [0.1, 0.15) is 23.1 Å². The van der Waals surface area contributed by atoms with E-state index < -0.39 is 0 Å². The van der Waals surface area contributed by atoms with Gasteiger partial charge in [-0.2, -0.15) is 0 Å². The van der Waals surface area contributed by atoms with E-state index in [1.54, 1.807) is 11.8 Å². The molecular weight excluding hydrogens is 238 g/mol. The van der Waals surface area contributed by atoms with E-state index in [1.165, 1.54) is 45.7 Å². The van der Waals surface area contributed by atoms with Crippen LogP contribution in [-0.2, 0) is 12.8 Å². The number of hydrogen-bond acceptors (Lipinski definition) is 2. The zero-order chi connectivity index (χ0) is 12.5. The Morgan fingerprint density at radius 3 is 2.61 bits per heavy atom. The third-order valence-electron chi connectivity index (χ3n) is 3.38. The largest absolute Gasteiger partial charge is 0.399 e. The van der Waals surface area contributed by atoms with Gasteiger partial charge in [-0.25, -0.2) is 0 Å². The average Bonchev–Trinajstić information content (AvgIpc) is 2.74. The van der Waals surface area contributed by atoms with E-state index in [0.29, 0.717) is 0 Å². The van der Waals surface area contributed by atoms with E-state index >= 15 is 0 Å². The van der Waals surface area contributed by atoms with Gasteiger partial charge in [-0.3, -0.25) is 0 Å². The normalized spacial score (nSPS) is 13.6. The molecule has 0 unspecified atom stereocenters. The zero-order valence-electron chi connectivity index (χ0n) is 10.6. The molecule has 0 bridgehead atoms. The second-order valence-electron chi connectivity index (χ2n) is 4.97. The van der Waals surface area contributed by atoms with Crippen molar-refractivity contribution in [2.24, 2.45) is 0 Å². The van der Waals surface area contributed by atoms with Crippen molar-refractivity contribution >= 4 is 17.4 Å². The van der Waals surface area contributed by atoms with E-state index in [-0.39, 0.29) is 0 Å². The van der Waals surface area contributed by atoms with E-state index in [9.17, 15) is 0 Å². The molecule has 1 nitrogen and oxygen atoms in total. The molecule has 1 aliphatic rings. The van der Waals surface area contributed by atoms with Crippen molar-refractivity contribution in [2.75, 3.05) is 5.73 Å². The highest BCUT2D eigenvalue weighted by atomic mass is 32.2. The van der Waals surface area contributed by atoms with Crippen molar-refractivity contribution in [1.82, 2.24) is 0 Å². The summed E-state index contributed by atoms with van der Waals surface area (Å²) in [5.41, 5.74) is 11.0. The first-order valence-electron chi connectivity index (χ1n) is 6.37. The summed E-state index contributed by atoms with van der Waals surface area (Å²) in [6, 6.07) is 13.1. The molecule has 0 radical (unpaired) electrons. The quantitative estimate of drug-likeness (QED) is 0.813. The van der Waals surface area contributed by atoms with E-state index in [4.69, 9.17) is 5.73 Å². The first-order chi connectivity index (χ1) is 8.70. The van der Waals surface area contributed by atoms with Gasteiger partial charge in [0, 0.05) is 15.5 Å². The first kappa shape index (κ1) is 11.7. The SMILES string of the molecule is Cc1cc(N)cc(Sc2ccc3c(c2)CCC3)c1. The maximum absolute atomic E-state index is 5.89. The second kappa shape index (κ2) is 4.69. The molecular formula is C16H17NS. The molecule has 0 amide bonds. The fraction of sp³-hybridized carbons (Fsp3) is 0.250. The Morgan fingerprint density at radius 2 is 1.78 bits per heavy atom. The van der Waals surface area contributed by atoms with Crippen molar-refractivity contribution < 1.29 is 0 Å². The molecule has 0 saturated heterocycles. The molecule has 1 aliphatic carbocycles. The van der Waals surface area contributed by atoms with Crippen LogP contribution in [0, 0.1) is 6.92 Å². The van der Waals surface area contributed by atoms with Gasteiger partial charge < -0.3 is 5.73 Å². The Balaban J connectivity index is 1.88. The van der Waals surface area contributed by atoms with Gasteiger partial charge in [-0.05, 0) is 73.2 Å². The van der Waals surface area contributed by atoms with Crippen molar-refractivity contribution in [3.8, 4) is 0 Å². The molecule has 2 N–H and O–H groups in total. The summed E-state index contributed by atoms with van der Waals surface area (Å²) >= 11 is 1.80. The van der Waals surface area contributed by atoms with Crippen LogP contribution in [-0.4, -0.2) is 0 Å². The summed E-state index contributed by atoms with van der Waals surface area (Å²) < 4.78 is 0. The van der Waals surface area contributed by atoms with Crippen LogP contribution in [0.4, 0.5) is 5.69 Å². The van der Waals surface area contributed by atoms with Gasteiger partial charge in [0.15, 0.2) is 0 Å². The maximum Gasteiger partial charge on any atom is 0.0328 e. The lowest BCUT2D eigenvalue weighted by atomic mass is 10.1. The van der Waals surface area contributed by atoms with Gasteiger partial charge in [-0.1, -0.05) is 17.8 Å². The summed E-state index contributed by atoms with van der Waals surface area (Å²) in [4.78, 5) is 2.55. The minimum Gasteiger partial charge on any atom is -0.399 e. The summed E-state index contributed by atoms with van der Waals surface area (Å²) in [6.07, 6.45) is 3.79. The number of nitrogens with two attached hydrogens (primary N) is 1. The average molecular weight is 255 g/mol. The topological polar surface area (TPSA) is 26.0 Å². The Labute approximate surface area is 112 Å². The molecule has 0 fully saturated rings. The Bertz CT molecular complexity index is 569. The lowest BCUT2D eigenvalue weighted by molar-refractivity contribution is 0.911. The van der Waals surface area contributed by atoms with Crippen LogP contribution in [0.3, 0.4) is 0 Å². The van der Waals surface area contributed by atoms with Crippen molar-refractivity contribution in [1.29, 1.82) is 0 Å². The zero-order valence-corrected chi connectivity index (χ0v) is 11.4. The molecule has 0 aliphatic heterocycles. The monoisotopic (exact) mass is 255 g/mol. The Hall–Kier alpha value is -1.41. The number of nitrogen functional groups attached to an aromatic ring is 1. The predicted octanol–water partition coefficient (Wildman–Crippen LogP) is 4.22. The number of anilines is 1. The smallest absolute Gasteiger partial charge is 0.0328 e. The van der Waals surface area contributed by atoms with Gasteiger partial charge in [0.2, 0.25) is 0 Å². The van der Waals surface area contributed by atoms with Crippen LogP contribution >= 0.6 is 11.8 Å². The van der Waals surface area contributed by atoms with E-state index in [0.717, 1.165) is 5.69 Å². The maximum atomic E-state index is 5.89. The molecule has 2 heteroatoms. The number of aryl methyl sites for hydroxylation is 3. The van der Waals surface area contributed by atoms with Gasteiger partial charge in [0.1, 0.15) is 0 Å². The lowest BCUT2D eigenvalue weighted by Crippen LogP contribution is -1.87. The fourth-order valence-electron chi connectivity index (χ4n) is 2.58. The molecule has 92 valence electrons.